The van der Waals surface area contributed by atoms with E-state index in [0.29, 0.717) is 50.5 Å². The molecule has 1 aromatic carbocycles. The van der Waals surface area contributed by atoms with Crippen LogP contribution in [0.5, 0.6) is 11.5 Å². The first-order chi connectivity index (χ1) is 20.2. The van der Waals surface area contributed by atoms with Gasteiger partial charge in [-0.15, -0.1) is 0 Å². The van der Waals surface area contributed by atoms with Crippen molar-refractivity contribution in [1.29, 1.82) is 0 Å². The molecule has 0 saturated heterocycles. The molecule has 11 heteroatoms. The molecule has 42 heavy (non-hydrogen) atoms. The Balaban J connectivity index is 1.48. The van der Waals surface area contributed by atoms with Crippen LogP contribution in [0.3, 0.4) is 0 Å². The summed E-state index contributed by atoms with van der Waals surface area (Å²) in [6, 6.07) is 2.72. The van der Waals surface area contributed by atoms with Gasteiger partial charge in [-0.2, -0.15) is 0 Å². The van der Waals surface area contributed by atoms with Gasteiger partial charge in [-0.3, -0.25) is 9.59 Å². The zero-order chi connectivity index (χ0) is 30.0. The second-order valence-corrected chi connectivity index (χ2v) is 13.8. The number of ether oxygens (including phenoxy) is 3. The molecule has 2 amide bonds. The minimum Gasteiger partial charge on any atom is -0.493 e. The molecule has 6 rings (SSSR count). The summed E-state index contributed by atoms with van der Waals surface area (Å²) in [7, 11) is 2.99. The van der Waals surface area contributed by atoms with Crippen molar-refractivity contribution in [2.45, 2.75) is 69.8 Å². The third-order valence-electron chi connectivity index (χ3n) is 9.60. The smallest absolute Gasteiger partial charge is 0.248 e. The number of benzene rings is 1. The molecule has 4 bridgehead atoms. The molecule has 0 heterocycles. The van der Waals surface area contributed by atoms with Crippen LogP contribution >= 0.6 is 22.6 Å². The van der Waals surface area contributed by atoms with E-state index >= 15 is 0 Å². The third kappa shape index (κ3) is 6.59. The lowest BCUT2D eigenvalue weighted by atomic mass is 9.49. The fourth-order valence-electron chi connectivity index (χ4n) is 8.34. The van der Waals surface area contributed by atoms with Crippen LogP contribution in [-0.4, -0.2) is 90.8 Å². The monoisotopic (exact) mass is 698 g/mol. The molecule has 5 aliphatic rings. The molecule has 4 N–H and O–H groups in total. The topological polar surface area (TPSA) is 138 Å². The van der Waals surface area contributed by atoms with Crippen LogP contribution in [0.2, 0.25) is 0 Å². The molecule has 0 radical (unpaired) electrons. The fraction of sp³-hybridized carbons (Fsp3) is 0.677. The molecule has 0 aromatic heterocycles. The average molecular weight is 699 g/mol. The number of hydrogen-bond acceptors (Lipinski definition) is 8. The Morgan fingerprint density at radius 2 is 1.76 bits per heavy atom. The molecule has 10 nitrogen and oxygen atoms in total. The number of nitrogens with one attached hydrogen (secondary N) is 1. The van der Waals surface area contributed by atoms with Gasteiger partial charge in [0.25, 0.3) is 0 Å². The Hall–Kier alpha value is -1.93. The number of rotatable bonds is 12. The Morgan fingerprint density at radius 1 is 1.10 bits per heavy atom. The largest absolute Gasteiger partial charge is 0.493 e. The van der Waals surface area contributed by atoms with Gasteiger partial charge in [-0.25, -0.2) is 0 Å². The Labute approximate surface area is 260 Å². The van der Waals surface area contributed by atoms with E-state index in [1.54, 1.807) is 23.1 Å². The summed E-state index contributed by atoms with van der Waals surface area (Å²) in [5, 5.41) is 33.5. The molecular formula is C31H43IN2O8. The summed E-state index contributed by atoms with van der Waals surface area (Å²) in [5.74, 6) is 2.26. The SMILES string of the molecule is COCC(=O)N(CC12CC3CC(CC(C3)C1)C2)[C@@H]1CC(C(=O)NCCO)=C[C@H](Oc2c(I)cc(CO)cc2OC)[C@H]1O. The summed E-state index contributed by atoms with van der Waals surface area (Å²) in [6.07, 6.45) is 6.76. The van der Waals surface area contributed by atoms with Gasteiger partial charge in [-0.05, 0) is 108 Å². The maximum Gasteiger partial charge on any atom is 0.248 e. The second kappa shape index (κ2) is 13.4. The zero-order valence-corrected chi connectivity index (χ0v) is 26.5. The van der Waals surface area contributed by atoms with Crippen LogP contribution in [0, 0.1) is 26.7 Å². The molecule has 5 aliphatic carbocycles. The van der Waals surface area contributed by atoms with Crippen LogP contribution < -0.4 is 14.8 Å². The molecule has 4 saturated carbocycles. The summed E-state index contributed by atoms with van der Waals surface area (Å²) >= 11 is 2.09. The van der Waals surface area contributed by atoms with E-state index in [1.807, 2.05) is 0 Å². The van der Waals surface area contributed by atoms with E-state index in [2.05, 4.69) is 27.9 Å². The average Bonchev–Trinajstić information content (AvgIpc) is 2.95. The van der Waals surface area contributed by atoms with Crippen molar-refractivity contribution in [2.75, 3.05) is 40.5 Å². The number of aliphatic hydroxyl groups is 3. The minimum absolute atomic E-state index is 0.00736. The van der Waals surface area contributed by atoms with Crippen LogP contribution in [0.1, 0.15) is 50.5 Å². The van der Waals surface area contributed by atoms with Gasteiger partial charge in [-0.1, -0.05) is 0 Å². The van der Waals surface area contributed by atoms with Crippen molar-refractivity contribution in [3.8, 4) is 11.5 Å². The number of nitrogens with zero attached hydrogens (tertiary/aromatic N) is 1. The molecule has 0 spiro atoms. The molecule has 4 fully saturated rings. The quantitative estimate of drug-likeness (QED) is 0.245. The highest BCUT2D eigenvalue weighted by Gasteiger charge is 2.53. The number of hydrogen-bond donors (Lipinski definition) is 4. The van der Waals surface area contributed by atoms with E-state index in [9.17, 15) is 24.9 Å². The molecule has 3 atom stereocenters. The lowest BCUT2D eigenvalue weighted by Crippen LogP contribution is -2.60. The van der Waals surface area contributed by atoms with Crippen LogP contribution in [-0.2, 0) is 20.9 Å². The standard InChI is InChI=1S/C31H43IN2O8/c1-40-16-27(37)34(17-31-12-18-5-19(13-31)7-20(6-18)14-31)24-10-22(30(39)33-3-4-35)11-25(28(24)38)42-29-23(32)8-21(15-36)9-26(29)41-2/h8-9,11,18-20,24-25,28,35-36,38H,3-7,10,12-17H2,1-2H3,(H,33,39)/t18?,19?,20?,24-,25+,28+,31?/m1/s1. The first kappa shape index (κ1) is 31.5. The van der Waals surface area contributed by atoms with Gasteiger partial charge in [0.05, 0.1) is 29.9 Å². The van der Waals surface area contributed by atoms with E-state index in [4.69, 9.17) is 14.2 Å². The first-order valence-electron chi connectivity index (χ1n) is 14.9. The third-order valence-corrected chi connectivity index (χ3v) is 10.4. The van der Waals surface area contributed by atoms with Gasteiger partial charge in [0.2, 0.25) is 11.8 Å². The van der Waals surface area contributed by atoms with E-state index in [1.165, 1.54) is 33.5 Å². The summed E-state index contributed by atoms with van der Waals surface area (Å²) in [5.41, 5.74) is 1.04. The number of carbonyl (C=O) groups excluding carboxylic acids is 2. The number of aliphatic hydroxyl groups excluding tert-OH is 3. The van der Waals surface area contributed by atoms with Crippen molar-refractivity contribution in [2.24, 2.45) is 23.2 Å². The molecule has 0 aliphatic heterocycles. The predicted octanol–water partition coefficient (Wildman–Crippen LogP) is 2.40. The van der Waals surface area contributed by atoms with Crippen LogP contribution in [0.25, 0.3) is 0 Å². The Kier molecular flexibility index (Phi) is 10.0. The van der Waals surface area contributed by atoms with Gasteiger partial charge in [0.1, 0.15) is 18.8 Å². The maximum atomic E-state index is 13.7. The summed E-state index contributed by atoms with van der Waals surface area (Å²) < 4.78 is 17.9. The molecular weight excluding hydrogens is 655 g/mol. The lowest BCUT2D eigenvalue weighted by molar-refractivity contribution is -0.150. The van der Waals surface area contributed by atoms with Gasteiger partial charge in [0, 0.05) is 32.2 Å². The highest BCUT2D eigenvalue weighted by atomic mass is 127. The fourth-order valence-corrected chi connectivity index (χ4v) is 9.13. The lowest BCUT2D eigenvalue weighted by Gasteiger charge is -2.58. The zero-order valence-electron chi connectivity index (χ0n) is 24.4. The van der Waals surface area contributed by atoms with E-state index in [-0.39, 0.29) is 50.0 Å². The number of carbonyl (C=O) groups is 2. The normalized spacial score (nSPS) is 31.4. The summed E-state index contributed by atoms with van der Waals surface area (Å²) in [6.45, 7) is 0.109. The molecule has 0 unspecified atom stereocenters. The minimum atomic E-state index is -1.13. The van der Waals surface area contributed by atoms with Gasteiger partial charge >= 0.3 is 0 Å². The Morgan fingerprint density at radius 3 is 2.33 bits per heavy atom. The van der Waals surface area contributed by atoms with E-state index < -0.39 is 18.2 Å². The molecule has 232 valence electrons. The van der Waals surface area contributed by atoms with Crippen molar-refractivity contribution >= 4 is 34.4 Å². The van der Waals surface area contributed by atoms with Gasteiger partial charge in [0.15, 0.2) is 11.5 Å². The van der Waals surface area contributed by atoms with Crippen LogP contribution in [0.15, 0.2) is 23.8 Å². The molecule has 1 aromatic rings. The van der Waals surface area contributed by atoms with Crippen molar-refractivity contribution in [3.05, 3.63) is 32.9 Å². The maximum absolute atomic E-state index is 13.7. The van der Waals surface area contributed by atoms with Crippen molar-refractivity contribution < 1.29 is 39.1 Å². The predicted molar refractivity (Wildman–Crippen MR) is 163 cm³/mol. The highest BCUT2D eigenvalue weighted by Crippen LogP contribution is 2.60. The first-order valence-corrected chi connectivity index (χ1v) is 16.0. The van der Waals surface area contributed by atoms with Crippen molar-refractivity contribution in [1.82, 2.24) is 10.2 Å². The van der Waals surface area contributed by atoms with Gasteiger partial charge < -0.3 is 39.7 Å². The van der Waals surface area contributed by atoms with Crippen molar-refractivity contribution in [3.63, 3.8) is 0 Å². The number of amides is 2. The summed E-state index contributed by atoms with van der Waals surface area (Å²) in [4.78, 5) is 28.7. The number of halogens is 1. The number of methoxy groups -OCH3 is 2. The highest BCUT2D eigenvalue weighted by molar-refractivity contribution is 14.1. The Bertz CT molecular complexity index is 1150. The van der Waals surface area contributed by atoms with E-state index in [0.717, 1.165) is 19.3 Å². The van der Waals surface area contributed by atoms with Crippen LogP contribution in [0.4, 0.5) is 0 Å². The second-order valence-electron chi connectivity index (χ2n) is 12.7.